The summed E-state index contributed by atoms with van der Waals surface area (Å²) in [5.74, 6) is 0. The van der Waals surface area contributed by atoms with Gasteiger partial charge in [-0.05, 0) is 0 Å². The fourth-order valence-electron chi connectivity index (χ4n) is 0.760. The largest absolute Gasteiger partial charge is 0.395 e. The molecule has 4 heteroatoms. The smallest absolute Gasteiger partial charge is 0.0558 e. The standard InChI is InChI=1S/C6H15NO3.C3H8/c8-4-1-7(2-5-9)3-6-10;1-3-2/h8-10H,1-6H2;3H2,1-2H3. The molecule has 0 unspecified atom stereocenters. The maximum Gasteiger partial charge on any atom is 0.0558 e. The number of hydrogen-bond donors (Lipinski definition) is 3. The summed E-state index contributed by atoms with van der Waals surface area (Å²) >= 11 is 0. The first-order chi connectivity index (χ1) is 6.26. The zero-order chi connectivity index (χ0) is 10.5. The van der Waals surface area contributed by atoms with E-state index in [0.717, 1.165) is 0 Å². The highest BCUT2D eigenvalue weighted by Gasteiger charge is 2.00. The molecule has 0 aliphatic heterocycles. The molecule has 0 bridgehead atoms. The highest BCUT2D eigenvalue weighted by Crippen LogP contribution is 1.84. The Hall–Kier alpha value is -0.160. The fourth-order valence-corrected chi connectivity index (χ4v) is 0.760. The van der Waals surface area contributed by atoms with Crippen LogP contribution in [-0.4, -0.2) is 59.7 Å². The topological polar surface area (TPSA) is 63.9 Å². The lowest BCUT2D eigenvalue weighted by Gasteiger charge is -2.17. The van der Waals surface area contributed by atoms with Gasteiger partial charge in [0.1, 0.15) is 0 Å². The molecule has 0 aliphatic rings. The van der Waals surface area contributed by atoms with Gasteiger partial charge in [-0.1, -0.05) is 20.3 Å². The lowest BCUT2D eigenvalue weighted by Crippen LogP contribution is -2.32. The molecule has 0 saturated carbocycles. The molecular formula is C9H23NO3. The summed E-state index contributed by atoms with van der Waals surface area (Å²) in [6, 6.07) is 0. The molecular weight excluding hydrogens is 170 g/mol. The molecule has 0 aromatic rings. The molecule has 0 heterocycles. The summed E-state index contributed by atoms with van der Waals surface area (Å²) in [5, 5.41) is 25.5. The molecule has 0 saturated heterocycles. The van der Waals surface area contributed by atoms with Gasteiger partial charge in [0, 0.05) is 19.6 Å². The van der Waals surface area contributed by atoms with Crippen LogP contribution in [0, 0.1) is 0 Å². The van der Waals surface area contributed by atoms with Gasteiger partial charge < -0.3 is 15.3 Å². The quantitative estimate of drug-likeness (QED) is 0.541. The maximum atomic E-state index is 8.48. The van der Waals surface area contributed by atoms with Crippen LogP contribution in [0.1, 0.15) is 20.3 Å². The van der Waals surface area contributed by atoms with Gasteiger partial charge in [0.15, 0.2) is 0 Å². The molecule has 0 aromatic heterocycles. The molecule has 0 atom stereocenters. The fraction of sp³-hybridized carbons (Fsp3) is 1.00. The first kappa shape index (κ1) is 15.3. The van der Waals surface area contributed by atoms with Crippen LogP contribution in [0.2, 0.25) is 0 Å². The Morgan fingerprint density at radius 3 is 1.15 bits per heavy atom. The van der Waals surface area contributed by atoms with Gasteiger partial charge in [0.2, 0.25) is 0 Å². The minimum absolute atomic E-state index is 0.0694. The van der Waals surface area contributed by atoms with Gasteiger partial charge in [0.05, 0.1) is 19.8 Å². The third kappa shape index (κ3) is 14.7. The van der Waals surface area contributed by atoms with Crippen molar-refractivity contribution >= 4 is 0 Å². The van der Waals surface area contributed by atoms with E-state index in [9.17, 15) is 0 Å². The van der Waals surface area contributed by atoms with Crippen molar-refractivity contribution < 1.29 is 15.3 Å². The van der Waals surface area contributed by atoms with Crippen molar-refractivity contribution in [3.05, 3.63) is 0 Å². The number of nitrogens with zero attached hydrogens (tertiary/aromatic N) is 1. The van der Waals surface area contributed by atoms with E-state index in [2.05, 4.69) is 13.8 Å². The number of aliphatic hydroxyl groups excluding tert-OH is 3. The van der Waals surface area contributed by atoms with E-state index < -0.39 is 0 Å². The van der Waals surface area contributed by atoms with Crippen LogP contribution < -0.4 is 0 Å². The summed E-state index contributed by atoms with van der Waals surface area (Å²) in [7, 11) is 0. The van der Waals surface area contributed by atoms with Crippen LogP contribution in [0.25, 0.3) is 0 Å². The number of aliphatic hydroxyl groups is 3. The average Bonchev–Trinajstić information content (AvgIpc) is 2.07. The Balaban J connectivity index is 0. The van der Waals surface area contributed by atoms with Crippen molar-refractivity contribution in [2.45, 2.75) is 20.3 Å². The second-order valence-electron chi connectivity index (χ2n) is 2.72. The molecule has 0 spiro atoms. The summed E-state index contributed by atoms with van der Waals surface area (Å²) in [4.78, 5) is 1.79. The van der Waals surface area contributed by atoms with Crippen molar-refractivity contribution in [2.75, 3.05) is 39.5 Å². The second kappa shape index (κ2) is 14.4. The highest BCUT2D eigenvalue weighted by atomic mass is 16.3. The van der Waals surface area contributed by atoms with Crippen molar-refractivity contribution in [3.63, 3.8) is 0 Å². The lowest BCUT2D eigenvalue weighted by molar-refractivity contribution is 0.136. The molecule has 3 N–H and O–H groups in total. The van der Waals surface area contributed by atoms with Crippen LogP contribution in [0.5, 0.6) is 0 Å². The predicted octanol–water partition coefficient (Wildman–Crippen LogP) is -0.318. The third-order valence-corrected chi connectivity index (χ3v) is 1.25. The van der Waals surface area contributed by atoms with Gasteiger partial charge in [-0.2, -0.15) is 0 Å². The Kier molecular flexibility index (Phi) is 16.9. The summed E-state index contributed by atoms with van der Waals surface area (Å²) in [6.45, 7) is 6.00. The van der Waals surface area contributed by atoms with Gasteiger partial charge in [0.25, 0.3) is 0 Å². The van der Waals surface area contributed by atoms with Gasteiger partial charge in [-0.25, -0.2) is 0 Å². The van der Waals surface area contributed by atoms with E-state index in [4.69, 9.17) is 15.3 Å². The Morgan fingerprint density at radius 1 is 0.769 bits per heavy atom. The molecule has 0 radical (unpaired) electrons. The minimum Gasteiger partial charge on any atom is -0.395 e. The SMILES string of the molecule is CCC.OCCN(CCO)CCO. The Morgan fingerprint density at radius 2 is 1.00 bits per heavy atom. The molecule has 0 fully saturated rings. The minimum atomic E-state index is 0.0694. The normalized spacial score (nSPS) is 9.69. The van der Waals surface area contributed by atoms with Gasteiger partial charge in [-0.3, -0.25) is 4.90 Å². The van der Waals surface area contributed by atoms with E-state index in [1.165, 1.54) is 6.42 Å². The number of rotatable bonds is 6. The van der Waals surface area contributed by atoms with Crippen molar-refractivity contribution in [2.24, 2.45) is 0 Å². The van der Waals surface area contributed by atoms with Crippen LogP contribution in [0.3, 0.4) is 0 Å². The van der Waals surface area contributed by atoms with Crippen LogP contribution in [-0.2, 0) is 0 Å². The Labute approximate surface area is 80.8 Å². The predicted molar refractivity (Wildman–Crippen MR) is 53.7 cm³/mol. The monoisotopic (exact) mass is 193 g/mol. The molecule has 4 nitrogen and oxygen atoms in total. The zero-order valence-corrected chi connectivity index (χ0v) is 8.74. The summed E-state index contributed by atoms with van der Waals surface area (Å²) in [6.07, 6.45) is 1.25. The highest BCUT2D eigenvalue weighted by molar-refractivity contribution is 4.54. The van der Waals surface area contributed by atoms with Crippen molar-refractivity contribution in [3.8, 4) is 0 Å². The number of hydrogen-bond acceptors (Lipinski definition) is 4. The molecule has 0 aliphatic carbocycles. The first-order valence-corrected chi connectivity index (χ1v) is 4.81. The van der Waals surface area contributed by atoms with E-state index >= 15 is 0 Å². The lowest BCUT2D eigenvalue weighted by atomic mass is 10.4. The van der Waals surface area contributed by atoms with Gasteiger partial charge in [-0.15, -0.1) is 0 Å². The van der Waals surface area contributed by atoms with Crippen molar-refractivity contribution in [1.82, 2.24) is 4.90 Å². The second-order valence-corrected chi connectivity index (χ2v) is 2.72. The first-order valence-electron chi connectivity index (χ1n) is 4.81. The van der Waals surface area contributed by atoms with Crippen LogP contribution in [0.4, 0.5) is 0 Å². The molecule has 13 heavy (non-hydrogen) atoms. The molecule has 0 aromatic carbocycles. The molecule has 0 amide bonds. The van der Waals surface area contributed by atoms with E-state index in [1.54, 1.807) is 4.90 Å². The van der Waals surface area contributed by atoms with E-state index in [1.807, 2.05) is 0 Å². The van der Waals surface area contributed by atoms with Crippen molar-refractivity contribution in [1.29, 1.82) is 0 Å². The van der Waals surface area contributed by atoms with Crippen LogP contribution in [0.15, 0.2) is 0 Å². The van der Waals surface area contributed by atoms with E-state index in [0.29, 0.717) is 19.6 Å². The third-order valence-electron chi connectivity index (χ3n) is 1.25. The molecule has 0 rings (SSSR count). The maximum absolute atomic E-state index is 8.48. The van der Waals surface area contributed by atoms with E-state index in [-0.39, 0.29) is 19.8 Å². The van der Waals surface area contributed by atoms with Crippen LogP contribution >= 0.6 is 0 Å². The summed E-state index contributed by atoms with van der Waals surface area (Å²) < 4.78 is 0. The van der Waals surface area contributed by atoms with Gasteiger partial charge >= 0.3 is 0 Å². The summed E-state index contributed by atoms with van der Waals surface area (Å²) in [5.41, 5.74) is 0. The Bertz CT molecular complexity index is 67.0. The zero-order valence-electron chi connectivity index (χ0n) is 8.74. The molecule has 82 valence electrons. The average molecular weight is 193 g/mol.